The van der Waals surface area contributed by atoms with Gasteiger partial charge in [-0.05, 0) is 62.7 Å². The van der Waals surface area contributed by atoms with Crippen LogP contribution in [0.25, 0.3) is 0 Å². The first-order chi connectivity index (χ1) is 13.8. The van der Waals surface area contributed by atoms with Crippen LogP contribution in [0.4, 0.5) is 0 Å². The van der Waals surface area contributed by atoms with Gasteiger partial charge >= 0.3 is 0 Å². The second-order valence-electron chi connectivity index (χ2n) is 8.54. The quantitative estimate of drug-likeness (QED) is 0.829. The van der Waals surface area contributed by atoms with Crippen LogP contribution in [0.2, 0.25) is 0 Å². The van der Waals surface area contributed by atoms with Crippen LogP contribution in [-0.2, 0) is 12.0 Å². The molecule has 1 aliphatic heterocycles. The second kappa shape index (κ2) is 8.90. The van der Waals surface area contributed by atoms with Gasteiger partial charge in [-0.25, -0.2) is 0 Å². The molecule has 3 nitrogen and oxygen atoms in total. The standard InChI is InChI=1S/C25H31N3/c26-20-25(22-9-5-2-6-10-22)15-11-23(12-16-25)27-24-13-17-28(18-14-24)19-21-7-3-1-4-8-21/h1-10,23-24,27H,11-19H2. The maximum atomic E-state index is 9.88. The summed E-state index contributed by atoms with van der Waals surface area (Å²) >= 11 is 0. The van der Waals surface area contributed by atoms with Crippen molar-refractivity contribution in [3.8, 4) is 6.07 Å². The van der Waals surface area contributed by atoms with Crippen LogP contribution >= 0.6 is 0 Å². The minimum atomic E-state index is -0.279. The van der Waals surface area contributed by atoms with E-state index in [2.05, 4.69) is 70.9 Å². The van der Waals surface area contributed by atoms with Gasteiger partial charge in [0.2, 0.25) is 0 Å². The van der Waals surface area contributed by atoms with Gasteiger partial charge in [-0.15, -0.1) is 0 Å². The van der Waals surface area contributed by atoms with Gasteiger partial charge < -0.3 is 5.32 Å². The summed E-state index contributed by atoms with van der Waals surface area (Å²) in [7, 11) is 0. The zero-order valence-electron chi connectivity index (χ0n) is 16.7. The Bertz CT molecular complexity index is 764. The van der Waals surface area contributed by atoms with Crippen molar-refractivity contribution in [1.29, 1.82) is 5.26 Å². The molecule has 1 heterocycles. The first kappa shape index (κ1) is 19.2. The molecule has 2 aromatic rings. The van der Waals surface area contributed by atoms with Crippen molar-refractivity contribution in [1.82, 2.24) is 10.2 Å². The van der Waals surface area contributed by atoms with Crippen molar-refractivity contribution in [2.45, 2.75) is 62.6 Å². The molecule has 0 bridgehead atoms. The second-order valence-corrected chi connectivity index (χ2v) is 8.54. The van der Waals surface area contributed by atoms with E-state index in [0.717, 1.165) is 32.2 Å². The molecule has 2 aliphatic rings. The molecule has 0 amide bonds. The molecule has 0 spiro atoms. The van der Waals surface area contributed by atoms with Gasteiger partial charge in [0, 0.05) is 18.6 Å². The van der Waals surface area contributed by atoms with Crippen molar-refractivity contribution in [2.75, 3.05) is 13.1 Å². The van der Waals surface area contributed by atoms with Crippen LogP contribution in [0.3, 0.4) is 0 Å². The fourth-order valence-electron chi connectivity index (χ4n) is 4.93. The molecule has 28 heavy (non-hydrogen) atoms. The van der Waals surface area contributed by atoms with Gasteiger partial charge in [-0.1, -0.05) is 60.7 Å². The lowest BCUT2D eigenvalue weighted by Gasteiger charge is -2.39. The normalized spacial score (nSPS) is 26.6. The number of piperidine rings is 1. The molecule has 3 heteroatoms. The fourth-order valence-corrected chi connectivity index (χ4v) is 4.93. The molecule has 1 N–H and O–H groups in total. The van der Waals surface area contributed by atoms with Crippen molar-refractivity contribution in [3.05, 3.63) is 71.8 Å². The van der Waals surface area contributed by atoms with Gasteiger partial charge in [0.15, 0.2) is 0 Å². The van der Waals surface area contributed by atoms with E-state index in [9.17, 15) is 5.26 Å². The molecule has 2 aromatic carbocycles. The molecule has 2 fully saturated rings. The Hall–Kier alpha value is -2.15. The Morgan fingerprint density at radius 2 is 1.43 bits per heavy atom. The summed E-state index contributed by atoms with van der Waals surface area (Å²) in [6, 6.07) is 25.0. The fraction of sp³-hybridized carbons (Fsp3) is 0.480. The van der Waals surface area contributed by atoms with E-state index in [-0.39, 0.29) is 5.41 Å². The molecule has 146 valence electrons. The highest BCUT2D eigenvalue weighted by atomic mass is 15.1. The largest absolute Gasteiger partial charge is 0.311 e. The maximum Gasteiger partial charge on any atom is 0.0823 e. The van der Waals surface area contributed by atoms with Gasteiger partial charge in [-0.3, -0.25) is 4.90 Å². The van der Waals surface area contributed by atoms with Gasteiger partial charge in [0.05, 0.1) is 11.5 Å². The third-order valence-corrected chi connectivity index (χ3v) is 6.69. The molecule has 1 saturated heterocycles. The highest BCUT2D eigenvalue weighted by Crippen LogP contribution is 2.39. The average molecular weight is 374 g/mol. The third-order valence-electron chi connectivity index (χ3n) is 6.69. The SMILES string of the molecule is N#CC1(c2ccccc2)CCC(NC2CCN(Cc3ccccc3)CC2)CC1. The first-order valence-corrected chi connectivity index (χ1v) is 10.8. The smallest absolute Gasteiger partial charge is 0.0823 e. The highest BCUT2D eigenvalue weighted by molar-refractivity contribution is 5.33. The summed E-state index contributed by atoms with van der Waals surface area (Å²) in [6.07, 6.45) is 6.60. The van der Waals surface area contributed by atoms with E-state index in [1.165, 1.54) is 37.1 Å². The zero-order chi connectivity index (χ0) is 19.2. The molecular weight excluding hydrogens is 342 g/mol. The monoisotopic (exact) mass is 373 g/mol. The van der Waals surface area contributed by atoms with E-state index < -0.39 is 0 Å². The number of rotatable bonds is 5. The lowest BCUT2D eigenvalue weighted by molar-refractivity contribution is 0.173. The average Bonchev–Trinajstić information content (AvgIpc) is 2.77. The number of hydrogen-bond donors (Lipinski definition) is 1. The first-order valence-electron chi connectivity index (χ1n) is 10.8. The van der Waals surface area contributed by atoms with E-state index in [4.69, 9.17) is 0 Å². The van der Waals surface area contributed by atoms with Crippen LogP contribution in [0.15, 0.2) is 60.7 Å². The van der Waals surface area contributed by atoms with Crippen molar-refractivity contribution in [2.24, 2.45) is 0 Å². The predicted octanol–water partition coefficient (Wildman–Crippen LogP) is 4.64. The Balaban J connectivity index is 1.24. The number of benzene rings is 2. The number of nitrogens with one attached hydrogen (secondary N) is 1. The molecule has 0 unspecified atom stereocenters. The molecule has 0 atom stereocenters. The number of nitrogens with zero attached hydrogens (tertiary/aromatic N) is 2. The molecule has 4 rings (SSSR count). The number of nitriles is 1. The summed E-state index contributed by atoms with van der Waals surface area (Å²) in [5, 5.41) is 13.8. The van der Waals surface area contributed by atoms with Crippen LogP contribution in [0.5, 0.6) is 0 Å². The van der Waals surface area contributed by atoms with Crippen molar-refractivity contribution < 1.29 is 0 Å². The molecule has 1 aliphatic carbocycles. The van der Waals surface area contributed by atoms with Crippen molar-refractivity contribution in [3.63, 3.8) is 0 Å². The summed E-state index contributed by atoms with van der Waals surface area (Å²) in [5.41, 5.74) is 2.33. The predicted molar refractivity (Wildman–Crippen MR) is 114 cm³/mol. The van der Waals surface area contributed by atoms with E-state index in [1.807, 2.05) is 6.07 Å². The molecule has 0 radical (unpaired) electrons. The van der Waals surface area contributed by atoms with Gasteiger partial charge in [-0.2, -0.15) is 5.26 Å². The Labute approximate surface area is 169 Å². The number of hydrogen-bond acceptors (Lipinski definition) is 3. The molecule has 0 aromatic heterocycles. The topological polar surface area (TPSA) is 39.1 Å². The number of likely N-dealkylation sites (tertiary alicyclic amines) is 1. The van der Waals surface area contributed by atoms with E-state index in [1.54, 1.807) is 0 Å². The summed E-state index contributed by atoms with van der Waals surface area (Å²) < 4.78 is 0. The minimum absolute atomic E-state index is 0.279. The van der Waals surface area contributed by atoms with Crippen LogP contribution in [0, 0.1) is 11.3 Å². The maximum absolute atomic E-state index is 9.88. The summed E-state index contributed by atoms with van der Waals surface area (Å²) in [6.45, 7) is 3.41. The highest BCUT2D eigenvalue weighted by Gasteiger charge is 2.37. The van der Waals surface area contributed by atoms with Crippen LogP contribution < -0.4 is 5.32 Å². The van der Waals surface area contributed by atoms with E-state index in [0.29, 0.717) is 12.1 Å². The van der Waals surface area contributed by atoms with Crippen molar-refractivity contribution >= 4 is 0 Å². The zero-order valence-corrected chi connectivity index (χ0v) is 16.7. The summed E-state index contributed by atoms with van der Waals surface area (Å²) in [4.78, 5) is 2.57. The van der Waals surface area contributed by atoms with Crippen LogP contribution in [0.1, 0.15) is 49.7 Å². The Morgan fingerprint density at radius 3 is 2.04 bits per heavy atom. The molecule has 1 saturated carbocycles. The van der Waals surface area contributed by atoms with Gasteiger partial charge in [0.1, 0.15) is 0 Å². The third kappa shape index (κ3) is 4.46. The minimum Gasteiger partial charge on any atom is -0.311 e. The lowest BCUT2D eigenvalue weighted by atomic mass is 9.69. The lowest BCUT2D eigenvalue weighted by Crippen LogP contribution is -2.48. The summed E-state index contributed by atoms with van der Waals surface area (Å²) in [5.74, 6) is 0. The molecular formula is C25H31N3. The Morgan fingerprint density at radius 1 is 0.857 bits per heavy atom. The Kier molecular flexibility index (Phi) is 6.10. The van der Waals surface area contributed by atoms with Gasteiger partial charge in [0.25, 0.3) is 0 Å². The van der Waals surface area contributed by atoms with E-state index >= 15 is 0 Å². The van der Waals surface area contributed by atoms with Crippen LogP contribution in [-0.4, -0.2) is 30.1 Å².